The molecular weight excluding hydrogens is 219 g/mol. The molecular formula is C13H17FN2O. The highest BCUT2D eigenvalue weighted by molar-refractivity contribution is 5.58. The summed E-state index contributed by atoms with van der Waals surface area (Å²) < 4.78 is 18.7. The second-order valence-electron chi connectivity index (χ2n) is 4.92. The predicted octanol–water partition coefficient (Wildman–Crippen LogP) is 1.61. The number of nitrogens with two attached hydrogens (primary N) is 1. The summed E-state index contributed by atoms with van der Waals surface area (Å²) in [5.41, 5.74) is 7.96. The van der Waals surface area contributed by atoms with Gasteiger partial charge in [0.15, 0.2) is 0 Å². The van der Waals surface area contributed by atoms with E-state index in [4.69, 9.17) is 10.5 Å². The number of morpholine rings is 1. The molecule has 3 rings (SSSR count). The predicted molar refractivity (Wildman–Crippen MR) is 64.5 cm³/mol. The first kappa shape index (κ1) is 11.0. The highest BCUT2D eigenvalue weighted by Gasteiger charge is 2.42. The zero-order valence-corrected chi connectivity index (χ0v) is 9.79. The molecule has 0 unspecified atom stereocenters. The fourth-order valence-corrected chi connectivity index (χ4v) is 2.39. The first-order valence-electron chi connectivity index (χ1n) is 6.11. The highest BCUT2D eigenvalue weighted by Crippen LogP contribution is 2.46. The highest BCUT2D eigenvalue weighted by atomic mass is 19.1. The van der Waals surface area contributed by atoms with Gasteiger partial charge < -0.3 is 15.4 Å². The van der Waals surface area contributed by atoms with Gasteiger partial charge in [0.2, 0.25) is 0 Å². The van der Waals surface area contributed by atoms with E-state index in [-0.39, 0.29) is 11.4 Å². The van der Waals surface area contributed by atoms with E-state index in [2.05, 4.69) is 4.90 Å². The fourth-order valence-electron chi connectivity index (χ4n) is 2.39. The van der Waals surface area contributed by atoms with Crippen molar-refractivity contribution in [3.05, 3.63) is 29.6 Å². The van der Waals surface area contributed by atoms with Crippen molar-refractivity contribution in [3.8, 4) is 0 Å². The number of hydrogen-bond donors (Lipinski definition) is 1. The average Bonchev–Trinajstić information content (AvgIpc) is 3.10. The average molecular weight is 236 g/mol. The molecule has 2 fully saturated rings. The van der Waals surface area contributed by atoms with Gasteiger partial charge in [-0.25, -0.2) is 4.39 Å². The van der Waals surface area contributed by atoms with Crippen LogP contribution in [0.15, 0.2) is 18.2 Å². The van der Waals surface area contributed by atoms with Crippen LogP contribution in [-0.4, -0.2) is 26.3 Å². The van der Waals surface area contributed by atoms with Crippen molar-refractivity contribution in [2.75, 3.05) is 31.2 Å². The molecule has 0 bridgehead atoms. The molecule has 1 aromatic carbocycles. The monoisotopic (exact) mass is 236 g/mol. The molecule has 0 amide bonds. The Bertz CT molecular complexity index is 425. The van der Waals surface area contributed by atoms with E-state index in [0.29, 0.717) is 0 Å². The summed E-state index contributed by atoms with van der Waals surface area (Å²) in [5, 5.41) is 0. The molecule has 0 spiro atoms. The fraction of sp³-hybridized carbons (Fsp3) is 0.538. The van der Waals surface area contributed by atoms with Gasteiger partial charge in [-0.15, -0.1) is 0 Å². The van der Waals surface area contributed by atoms with Gasteiger partial charge in [0.1, 0.15) is 5.82 Å². The lowest BCUT2D eigenvalue weighted by Gasteiger charge is -2.32. The Morgan fingerprint density at radius 2 is 1.94 bits per heavy atom. The molecule has 2 aliphatic rings. The zero-order valence-electron chi connectivity index (χ0n) is 9.79. The first-order chi connectivity index (χ1) is 8.19. The second kappa shape index (κ2) is 3.96. The number of anilines is 1. The summed E-state index contributed by atoms with van der Waals surface area (Å²) >= 11 is 0. The summed E-state index contributed by atoms with van der Waals surface area (Å²) in [5.74, 6) is -0.200. The summed E-state index contributed by atoms with van der Waals surface area (Å²) in [6, 6.07) is 4.96. The lowest BCUT2D eigenvalue weighted by molar-refractivity contribution is 0.122. The maximum atomic E-state index is 13.4. The number of hydrogen-bond acceptors (Lipinski definition) is 3. The maximum absolute atomic E-state index is 13.4. The lowest BCUT2D eigenvalue weighted by Crippen LogP contribution is -2.38. The number of nitrogens with zero attached hydrogens (tertiary/aromatic N) is 1. The SMILES string of the molecule is NC1(c2cc(F)ccc2N2CCOCC2)CC1. The Kier molecular flexibility index (Phi) is 2.56. The second-order valence-corrected chi connectivity index (χ2v) is 4.92. The minimum atomic E-state index is -0.296. The van der Waals surface area contributed by atoms with Gasteiger partial charge >= 0.3 is 0 Å². The minimum Gasteiger partial charge on any atom is -0.378 e. The van der Waals surface area contributed by atoms with Crippen LogP contribution < -0.4 is 10.6 Å². The number of rotatable bonds is 2. The van der Waals surface area contributed by atoms with Crippen molar-refractivity contribution >= 4 is 5.69 Å². The molecule has 1 aliphatic carbocycles. The van der Waals surface area contributed by atoms with Crippen LogP contribution in [0.2, 0.25) is 0 Å². The quantitative estimate of drug-likeness (QED) is 0.848. The van der Waals surface area contributed by atoms with Gasteiger partial charge in [-0.2, -0.15) is 0 Å². The van der Waals surface area contributed by atoms with Crippen LogP contribution in [0.25, 0.3) is 0 Å². The number of halogens is 1. The molecule has 4 heteroatoms. The Morgan fingerprint density at radius 3 is 2.59 bits per heavy atom. The number of ether oxygens (including phenoxy) is 1. The molecule has 0 aromatic heterocycles. The molecule has 3 nitrogen and oxygen atoms in total. The van der Waals surface area contributed by atoms with Crippen LogP contribution in [0.4, 0.5) is 10.1 Å². The summed E-state index contributed by atoms with van der Waals surface area (Å²) in [4.78, 5) is 2.24. The van der Waals surface area contributed by atoms with E-state index in [1.54, 1.807) is 6.07 Å². The van der Waals surface area contributed by atoms with Gasteiger partial charge in [-0.05, 0) is 36.6 Å². The molecule has 0 radical (unpaired) electrons. The van der Waals surface area contributed by atoms with E-state index in [1.165, 1.54) is 6.07 Å². The molecule has 0 atom stereocenters. The molecule has 1 saturated carbocycles. The third-order valence-electron chi connectivity index (χ3n) is 3.64. The normalized spacial score (nSPS) is 22.6. The standard InChI is InChI=1S/C13H17FN2O/c14-10-1-2-12(16-5-7-17-8-6-16)11(9-10)13(15)3-4-13/h1-2,9H,3-8,15H2. The van der Waals surface area contributed by atoms with Crippen molar-refractivity contribution in [3.63, 3.8) is 0 Å². The molecule has 2 N–H and O–H groups in total. The number of benzene rings is 1. The molecule has 92 valence electrons. The van der Waals surface area contributed by atoms with E-state index in [9.17, 15) is 4.39 Å². The molecule has 1 aliphatic heterocycles. The minimum absolute atomic E-state index is 0.200. The Hall–Kier alpha value is -1.13. The Morgan fingerprint density at radius 1 is 1.24 bits per heavy atom. The Balaban J connectivity index is 1.97. The van der Waals surface area contributed by atoms with Crippen molar-refractivity contribution in [1.82, 2.24) is 0 Å². The van der Waals surface area contributed by atoms with Crippen molar-refractivity contribution in [1.29, 1.82) is 0 Å². The smallest absolute Gasteiger partial charge is 0.123 e. The van der Waals surface area contributed by atoms with Gasteiger partial charge in [0.05, 0.1) is 13.2 Å². The van der Waals surface area contributed by atoms with Crippen molar-refractivity contribution < 1.29 is 9.13 Å². The molecule has 1 heterocycles. The summed E-state index contributed by atoms with van der Waals surface area (Å²) in [6.07, 6.45) is 1.90. The van der Waals surface area contributed by atoms with E-state index >= 15 is 0 Å². The lowest BCUT2D eigenvalue weighted by atomic mass is 10.0. The van der Waals surface area contributed by atoms with Crippen molar-refractivity contribution in [2.24, 2.45) is 5.73 Å². The van der Waals surface area contributed by atoms with Crippen LogP contribution in [0.3, 0.4) is 0 Å². The van der Waals surface area contributed by atoms with Crippen LogP contribution in [0.5, 0.6) is 0 Å². The Labute approximate surface area is 100 Å². The summed E-state index contributed by atoms with van der Waals surface area (Å²) in [6.45, 7) is 3.17. The van der Waals surface area contributed by atoms with Gasteiger partial charge in [0.25, 0.3) is 0 Å². The van der Waals surface area contributed by atoms with Gasteiger partial charge in [-0.3, -0.25) is 0 Å². The third kappa shape index (κ3) is 2.03. The topological polar surface area (TPSA) is 38.5 Å². The van der Waals surface area contributed by atoms with Gasteiger partial charge in [-0.1, -0.05) is 0 Å². The third-order valence-corrected chi connectivity index (χ3v) is 3.64. The van der Waals surface area contributed by atoms with Crippen LogP contribution in [0.1, 0.15) is 18.4 Å². The van der Waals surface area contributed by atoms with Crippen molar-refractivity contribution in [2.45, 2.75) is 18.4 Å². The van der Waals surface area contributed by atoms with Crippen LogP contribution in [-0.2, 0) is 10.3 Å². The molecule has 1 saturated heterocycles. The van der Waals surface area contributed by atoms with E-state index in [1.807, 2.05) is 6.07 Å². The largest absolute Gasteiger partial charge is 0.378 e. The first-order valence-corrected chi connectivity index (χ1v) is 6.11. The van der Waals surface area contributed by atoms with Gasteiger partial charge in [0, 0.05) is 24.3 Å². The van der Waals surface area contributed by atoms with E-state index < -0.39 is 0 Å². The molecule has 1 aromatic rings. The van der Waals surface area contributed by atoms with Crippen LogP contribution in [0, 0.1) is 5.82 Å². The zero-order chi connectivity index (χ0) is 11.9. The summed E-state index contributed by atoms with van der Waals surface area (Å²) in [7, 11) is 0. The molecule has 17 heavy (non-hydrogen) atoms. The van der Waals surface area contributed by atoms with Crippen LogP contribution >= 0.6 is 0 Å². The maximum Gasteiger partial charge on any atom is 0.123 e. The van der Waals surface area contributed by atoms with E-state index in [0.717, 1.165) is 50.4 Å².